The van der Waals surface area contributed by atoms with Crippen molar-refractivity contribution < 1.29 is 18.8 Å². The first kappa shape index (κ1) is 21.7. The molecule has 2 rings (SSSR count). The van der Waals surface area contributed by atoms with Gasteiger partial charge in [0.2, 0.25) is 5.91 Å². The SMILES string of the molecule is COCCNc1noc(-c2ccc(Cl)cc2)c1C(=O)NC(C)(C)C(=O)N(C)C. The summed E-state index contributed by atoms with van der Waals surface area (Å²) in [6.45, 7) is 4.14. The van der Waals surface area contributed by atoms with E-state index in [1.165, 1.54) is 4.90 Å². The highest BCUT2D eigenvalue weighted by Crippen LogP contribution is 2.30. The summed E-state index contributed by atoms with van der Waals surface area (Å²) in [5.41, 5.74) is -0.268. The lowest BCUT2D eigenvalue weighted by Gasteiger charge is -2.28. The van der Waals surface area contributed by atoms with Gasteiger partial charge in [-0.15, -0.1) is 0 Å². The van der Waals surface area contributed by atoms with Gasteiger partial charge in [0.25, 0.3) is 5.91 Å². The van der Waals surface area contributed by atoms with Gasteiger partial charge in [-0.25, -0.2) is 0 Å². The van der Waals surface area contributed by atoms with Crippen LogP contribution < -0.4 is 10.6 Å². The third-order valence-corrected chi connectivity index (χ3v) is 4.24. The number of rotatable bonds is 8. The minimum Gasteiger partial charge on any atom is -0.383 e. The standard InChI is InChI=1S/C19H25ClN4O4/c1-19(2,18(26)24(3)4)22-17(25)14-15(12-6-8-13(20)9-7-12)28-23-16(14)21-10-11-27-5/h6-9H,10-11H2,1-5H3,(H,21,23)(H,22,25). The van der Waals surface area contributed by atoms with Crippen LogP contribution in [0.1, 0.15) is 24.2 Å². The van der Waals surface area contributed by atoms with E-state index in [-0.39, 0.29) is 23.0 Å². The van der Waals surface area contributed by atoms with Crippen LogP contribution in [-0.2, 0) is 9.53 Å². The number of carbonyl (C=O) groups is 2. The number of halogens is 1. The van der Waals surface area contributed by atoms with Crippen LogP contribution in [0.15, 0.2) is 28.8 Å². The second kappa shape index (κ2) is 9.07. The summed E-state index contributed by atoms with van der Waals surface area (Å²) in [5, 5.41) is 10.3. The number of hydrogen-bond donors (Lipinski definition) is 2. The number of aromatic nitrogens is 1. The number of anilines is 1. The van der Waals surface area contributed by atoms with Crippen molar-refractivity contribution in [2.24, 2.45) is 0 Å². The smallest absolute Gasteiger partial charge is 0.259 e. The Morgan fingerprint density at radius 3 is 2.46 bits per heavy atom. The van der Waals surface area contributed by atoms with E-state index in [1.54, 1.807) is 59.3 Å². The lowest BCUT2D eigenvalue weighted by Crippen LogP contribution is -2.54. The lowest BCUT2D eigenvalue weighted by molar-refractivity contribution is -0.134. The van der Waals surface area contributed by atoms with Crippen LogP contribution in [-0.4, -0.2) is 61.8 Å². The Kier molecular flexibility index (Phi) is 7.04. The van der Waals surface area contributed by atoms with Gasteiger partial charge in [-0.2, -0.15) is 0 Å². The molecule has 2 N–H and O–H groups in total. The van der Waals surface area contributed by atoms with Gasteiger partial charge in [0.1, 0.15) is 11.1 Å². The molecular formula is C19H25ClN4O4. The molecule has 0 aliphatic heterocycles. The average Bonchev–Trinajstić information content (AvgIpc) is 3.05. The Hall–Kier alpha value is -2.58. The molecule has 0 fully saturated rings. The van der Waals surface area contributed by atoms with Crippen molar-refractivity contribution >= 4 is 29.2 Å². The van der Waals surface area contributed by atoms with Gasteiger partial charge in [-0.3, -0.25) is 9.59 Å². The molecule has 9 heteroatoms. The molecule has 1 aromatic heterocycles. The Balaban J connectivity index is 2.40. The number of carbonyl (C=O) groups excluding carboxylic acids is 2. The van der Waals surface area contributed by atoms with Crippen molar-refractivity contribution in [2.45, 2.75) is 19.4 Å². The first-order valence-corrected chi connectivity index (χ1v) is 9.08. The van der Waals surface area contributed by atoms with Crippen LogP contribution in [0.5, 0.6) is 0 Å². The summed E-state index contributed by atoms with van der Waals surface area (Å²) in [4.78, 5) is 26.9. The van der Waals surface area contributed by atoms with Gasteiger partial charge in [-0.05, 0) is 38.1 Å². The van der Waals surface area contributed by atoms with Gasteiger partial charge >= 0.3 is 0 Å². The van der Waals surface area contributed by atoms with Gasteiger partial charge in [-0.1, -0.05) is 16.8 Å². The number of nitrogens with zero attached hydrogens (tertiary/aromatic N) is 2. The fourth-order valence-corrected chi connectivity index (χ4v) is 2.78. The maximum absolute atomic E-state index is 13.1. The fraction of sp³-hybridized carbons (Fsp3) is 0.421. The Morgan fingerprint density at radius 1 is 1.25 bits per heavy atom. The van der Waals surface area contributed by atoms with Gasteiger partial charge < -0.3 is 24.8 Å². The van der Waals surface area contributed by atoms with E-state index >= 15 is 0 Å². The van der Waals surface area contributed by atoms with E-state index in [9.17, 15) is 9.59 Å². The van der Waals surface area contributed by atoms with Crippen LogP contribution in [0.25, 0.3) is 11.3 Å². The third-order valence-electron chi connectivity index (χ3n) is 3.99. The fourth-order valence-electron chi connectivity index (χ4n) is 2.65. The van der Waals surface area contributed by atoms with Crippen LogP contribution in [0.4, 0.5) is 5.82 Å². The molecular weight excluding hydrogens is 384 g/mol. The zero-order valence-corrected chi connectivity index (χ0v) is 17.4. The van der Waals surface area contributed by atoms with Gasteiger partial charge in [0, 0.05) is 38.3 Å². The molecule has 0 aliphatic carbocycles. The van der Waals surface area contributed by atoms with Crippen molar-refractivity contribution in [3.63, 3.8) is 0 Å². The number of likely N-dealkylation sites (N-methyl/N-ethyl adjacent to an activating group) is 1. The monoisotopic (exact) mass is 408 g/mol. The molecule has 0 bridgehead atoms. The number of methoxy groups -OCH3 is 1. The second-order valence-corrected chi connectivity index (χ2v) is 7.38. The van der Waals surface area contributed by atoms with Crippen molar-refractivity contribution in [2.75, 3.05) is 39.7 Å². The minimum atomic E-state index is -1.11. The predicted molar refractivity (Wildman–Crippen MR) is 108 cm³/mol. The van der Waals surface area contributed by atoms with E-state index in [2.05, 4.69) is 15.8 Å². The molecule has 0 spiro atoms. The molecule has 152 valence electrons. The van der Waals surface area contributed by atoms with Crippen molar-refractivity contribution in [3.05, 3.63) is 34.9 Å². The molecule has 2 amide bonds. The Labute approximate surface area is 169 Å². The normalized spacial score (nSPS) is 11.2. The number of ether oxygens (including phenoxy) is 1. The van der Waals surface area contributed by atoms with Crippen molar-refractivity contribution in [3.8, 4) is 11.3 Å². The molecule has 8 nitrogen and oxygen atoms in total. The zero-order valence-electron chi connectivity index (χ0n) is 16.6. The molecule has 28 heavy (non-hydrogen) atoms. The van der Waals surface area contributed by atoms with Crippen molar-refractivity contribution in [1.82, 2.24) is 15.4 Å². The maximum atomic E-state index is 13.1. The Morgan fingerprint density at radius 2 is 1.89 bits per heavy atom. The van der Waals surface area contributed by atoms with E-state index < -0.39 is 11.4 Å². The third kappa shape index (κ3) is 5.02. The van der Waals surface area contributed by atoms with E-state index in [1.807, 2.05) is 0 Å². The molecule has 0 saturated heterocycles. The second-order valence-electron chi connectivity index (χ2n) is 6.94. The highest BCUT2D eigenvalue weighted by molar-refractivity contribution is 6.30. The summed E-state index contributed by atoms with van der Waals surface area (Å²) in [6, 6.07) is 6.85. The van der Waals surface area contributed by atoms with Crippen LogP contribution in [0, 0.1) is 0 Å². The zero-order chi connectivity index (χ0) is 20.9. The summed E-state index contributed by atoms with van der Waals surface area (Å²) in [5.74, 6) is -0.166. The van der Waals surface area contributed by atoms with Crippen LogP contribution >= 0.6 is 11.6 Å². The van der Waals surface area contributed by atoms with Gasteiger partial charge in [0.15, 0.2) is 11.6 Å². The molecule has 1 heterocycles. The Bertz CT molecular complexity index is 831. The predicted octanol–water partition coefficient (Wildman–Crippen LogP) is 2.65. The highest BCUT2D eigenvalue weighted by Gasteiger charge is 2.34. The molecule has 1 aromatic carbocycles. The summed E-state index contributed by atoms with van der Waals surface area (Å²) >= 11 is 5.95. The van der Waals surface area contributed by atoms with E-state index in [4.69, 9.17) is 20.9 Å². The molecule has 2 aromatic rings. The lowest BCUT2D eigenvalue weighted by atomic mass is 10.0. The van der Waals surface area contributed by atoms with Crippen molar-refractivity contribution in [1.29, 1.82) is 0 Å². The number of benzene rings is 1. The van der Waals surface area contributed by atoms with Crippen LogP contribution in [0.2, 0.25) is 5.02 Å². The van der Waals surface area contributed by atoms with Crippen LogP contribution in [0.3, 0.4) is 0 Å². The van der Waals surface area contributed by atoms with E-state index in [0.29, 0.717) is 23.7 Å². The summed E-state index contributed by atoms with van der Waals surface area (Å²) in [6.07, 6.45) is 0. The average molecular weight is 409 g/mol. The summed E-state index contributed by atoms with van der Waals surface area (Å²) in [7, 11) is 4.84. The molecule has 0 saturated carbocycles. The minimum absolute atomic E-state index is 0.207. The largest absolute Gasteiger partial charge is 0.383 e. The first-order chi connectivity index (χ1) is 13.2. The number of amides is 2. The summed E-state index contributed by atoms with van der Waals surface area (Å²) < 4.78 is 10.5. The molecule has 0 atom stereocenters. The first-order valence-electron chi connectivity index (χ1n) is 8.70. The van der Waals surface area contributed by atoms with Gasteiger partial charge in [0.05, 0.1) is 6.61 Å². The number of hydrogen-bond acceptors (Lipinski definition) is 6. The molecule has 0 aliphatic rings. The quantitative estimate of drug-likeness (QED) is 0.652. The number of nitrogens with one attached hydrogen (secondary N) is 2. The topological polar surface area (TPSA) is 96.7 Å². The molecule has 0 radical (unpaired) electrons. The maximum Gasteiger partial charge on any atom is 0.259 e. The highest BCUT2D eigenvalue weighted by atomic mass is 35.5. The van der Waals surface area contributed by atoms with E-state index in [0.717, 1.165) is 0 Å². The molecule has 0 unspecified atom stereocenters.